The highest BCUT2D eigenvalue weighted by molar-refractivity contribution is 5.96. The van der Waals surface area contributed by atoms with Crippen molar-refractivity contribution in [3.05, 3.63) is 71.5 Å². The smallest absolute Gasteiger partial charge is 0.220 e. The van der Waals surface area contributed by atoms with Gasteiger partial charge in [0.05, 0.1) is 0 Å². The number of carbonyl (C=O) groups excluding carboxylic acids is 2. The molecule has 0 atom stereocenters. The number of hydrogen-bond donors (Lipinski definition) is 1. The fourth-order valence-electron chi connectivity index (χ4n) is 2.07. The average Bonchev–Trinajstić information content (AvgIpc) is 2.54. The summed E-state index contributed by atoms with van der Waals surface area (Å²) < 4.78 is 12.8. The number of amides is 1. The first-order chi connectivity index (χ1) is 10.6. The summed E-state index contributed by atoms with van der Waals surface area (Å²) in [5, 5.41) is 2.82. The van der Waals surface area contributed by atoms with Crippen molar-refractivity contribution in [2.24, 2.45) is 0 Å². The summed E-state index contributed by atoms with van der Waals surface area (Å²) in [4.78, 5) is 23.6. The zero-order chi connectivity index (χ0) is 15.8. The van der Waals surface area contributed by atoms with Gasteiger partial charge in [-0.3, -0.25) is 9.59 Å². The number of ketones is 1. The number of benzene rings is 2. The predicted molar refractivity (Wildman–Crippen MR) is 82.9 cm³/mol. The van der Waals surface area contributed by atoms with Crippen LogP contribution in [0.4, 0.5) is 4.39 Å². The lowest BCUT2D eigenvalue weighted by Gasteiger charge is -2.05. The molecule has 22 heavy (non-hydrogen) atoms. The van der Waals surface area contributed by atoms with Gasteiger partial charge in [-0.25, -0.2) is 4.39 Å². The molecule has 0 spiro atoms. The minimum Gasteiger partial charge on any atom is -0.352 e. The minimum atomic E-state index is -0.364. The van der Waals surface area contributed by atoms with Gasteiger partial charge in [-0.15, -0.1) is 0 Å². The van der Waals surface area contributed by atoms with E-state index in [0.717, 1.165) is 5.56 Å². The zero-order valence-electron chi connectivity index (χ0n) is 12.2. The molecule has 4 heteroatoms. The third-order valence-corrected chi connectivity index (χ3v) is 3.31. The molecule has 0 aromatic heterocycles. The van der Waals surface area contributed by atoms with Gasteiger partial charge in [0.25, 0.3) is 0 Å². The van der Waals surface area contributed by atoms with E-state index in [9.17, 15) is 14.0 Å². The van der Waals surface area contributed by atoms with Gasteiger partial charge in [-0.05, 0) is 36.2 Å². The van der Waals surface area contributed by atoms with E-state index in [-0.39, 0.29) is 23.9 Å². The van der Waals surface area contributed by atoms with Crippen LogP contribution in [0, 0.1) is 5.82 Å². The molecule has 1 amide bonds. The molecule has 0 heterocycles. The van der Waals surface area contributed by atoms with Crippen molar-refractivity contribution < 1.29 is 14.0 Å². The Kier molecular flexibility index (Phi) is 5.83. The van der Waals surface area contributed by atoms with Crippen LogP contribution < -0.4 is 5.32 Å². The Labute approximate surface area is 129 Å². The van der Waals surface area contributed by atoms with Gasteiger partial charge in [-0.2, -0.15) is 0 Å². The predicted octanol–water partition coefficient (Wildman–Crippen LogP) is 3.50. The van der Waals surface area contributed by atoms with Crippen LogP contribution in [0.15, 0.2) is 54.6 Å². The Morgan fingerprint density at radius 2 is 1.59 bits per heavy atom. The van der Waals surface area contributed by atoms with E-state index >= 15 is 0 Å². The van der Waals surface area contributed by atoms with Crippen molar-refractivity contribution in [2.75, 3.05) is 0 Å². The standard InChI is InChI=1S/C18H18FNO2/c19-16-11-9-15(10-12-16)17(21)7-4-8-18(22)20-13-14-5-2-1-3-6-14/h1-3,5-6,9-12H,4,7-8,13H2,(H,20,22). The van der Waals surface area contributed by atoms with E-state index in [1.54, 1.807) is 0 Å². The Morgan fingerprint density at radius 3 is 2.27 bits per heavy atom. The highest BCUT2D eigenvalue weighted by atomic mass is 19.1. The molecule has 0 saturated carbocycles. The molecule has 114 valence electrons. The van der Waals surface area contributed by atoms with E-state index in [0.29, 0.717) is 24.9 Å². The van der Waals surface area contributed by atoms with Crippen LogP contribution in [0.25, 0.3) is 0 Å². The molecule has 0 aliphatic rings. The van der Waals surface area contributed by atoms with Crippen molar-refractivity contribution in [3.63, 3.8) is 0 Å². The van der Waals surface area contributed by atoms with Gasteiger partial charge >= 0.3 is 0 Å². The molecule has 0 saturated heterocycles. The van der Waals surface area contributed by atoms with Crippen molar-refractivity contribution in [2.45, 2.75) is 25.8 Å². The van der Waals surface area contributed by atoms with Crippen molar-refractivity contribution in [1.29, 1.82) is 0 Å². The highest BCUT2D eigenvalue weighted by Crippen LogP contribution is 2.08. The summed E-state index contributed by atoms with van der Waals surface area (Å²) in [6, 6.07) is 15.1. The third-order valence-electron chi connectivity index (χ3n) is 3.31. The van der Waals surface area contributed by atoms with Crippen LogP contribution in [0.3, 0.4) is 0 Å². The van der Waals surface area contributed by atoms with Crippen LogP contribution in [-0.2, 0) is 11.3 Å². The summed E-state index contributed by atoms with van der Waals surface area (Å²) in [6.07, 6.45) is 1.07. The number of halogens is 1. The first kappa shape index (κ1) is 15.9. The first-order valence-corrected chi connectivity index (χ1v) is 7.24. The number of hydrogen-bond acceptors (Lipinski definition) is 2. The second-order valence-electron chi connectivity index (χ2n) is 5.05. The maximum atomic E-state index is 12.8. The molecule has 3 nitrogen and oxygen atoms in total. The average molecular weight is 299 g/mol. The quantitative estimate of drug-likeness (QED) is 0.795. The van der Waals surface area contributed by atoms with Crippen molar-refractivity contribution in [1.82, 2.24) is 5.32 Å². The molecule has 2 aromatic carbocycles. The largest absolute Gasteiger partial charge is 0.352 e. The van der Waals surface area contributed by atoms with E-state index in [1.165, 1.54) is 24.3 Å². The minimum absolute atomic E-state index is 0.0733. The third kappa shape index (κ3) is 5.13. The lowest BCUT2D eigenvalue weighted by Crippen LogP contribution is -2.22. The normalized spacial score (nSPS) is 10.2. The van der Waals surface area contributed by atoms with Crippen LogP contribution >= 0.6 is 0 Å². The fraction of sp³-hybridized carbons (Fsp3) is 0.222. The molecular formula is C18H18FNO2. The number of Topliss-reactive ketones (excluding diaryl/α,β-unsaturated/α-hetero) is 1. The topological polar surface area (TPSA) is 46.2 Å². The van der Waals surface area contributed by atoms with Crippen LogP contribution in [0.2, 0.25) is 0 Å². The summed E-state index contributed by atoms with van der Waals surface area (Å²) in [5.74, 6) is -0.511. The molecule has 0 aliphatic carbocycles. The van der Waals surface area contributed by atoms with E-state index in [1.807, 2.05) is 30.3 Å². The number of carbonyl (C=O) groups is 2. The van der Waals surface area contributed by atoms with E-state index in [2.05, 4.69) is 5.32 Å². The molecule has 2 aromatic rings. The fourth-order valence-corrected chi connectivity index (χ4v) is 2.07. The van der Waals surface area contributed by atoms with Crippen molar-refractivity contribution in [3.8, 4) is 0 Å². The van der Waals surface area contributed by atoms with Crippen LogP contribution in [0.5, 0.6) is 0 Å². The summed E-state index contributed by atoms with van der Waals surface area (Å²) in [5.41, 5.74) is 1.52. The van der Waals surface area contributed by atoms with Gasteiger partial charge < -0.3 is 5.32 Å². The molecule has 0 radical (unpaired) electrons. The molecule has 0 bridgehead atoms. The second kappa shape index (κ2) is 8.08. The molecule has 0 fully saturated rings. The Bertz CT molecular complexity index is 623. The van der Waals surface area contributed by atoms with Gasteiger partial charge in [0.2, 0.25) is 5.91 Å². The van der Waals surface area contributed by atoms with Gasteiger partial charge in [0.1, 0.15) is 5.82 Å². The highest BCUT2D eigenvalue weighted by Gasteiger charge is 2.08. The van der Waals surface area contributed by atoms with Crippen LogP contribution in [0.1, 0.15) is 35.2 Å². The molecule has 0 aliphatic heterocycles. The summed E-state index contributed by atoms with van der Waals surface area (Å²) in [7, 11) is 0. The Morgan fingerprint density at radius 1 is 0.909 bits per heavy atom. The number of rotatable bonds is 7. The monoisotopic (exact) mass is 299 g/mol. The maximum absolute atomic E-state index is 12.8. The van der Waals surface area contributed by atoms with E-state index < -0.39 is 0 Å². The first-order valence-electron chi connectivity index (χ1n) is 7.24. The molecule has 2 rings (SSSR count). The van der Waals surface area contributed by atoms with E-state index in [4.69, 9.17) is 0 Å². The summed E-state index contributed by atoms with van der Waals surface area (Å²) >= 11 is 0. The number of nitrogens with one attached hydrogen (secondary N) is 1. The molecular weight excluding hydrogens is 281 g/mol. The zero-order valence-corrected chi connectivity index (χ0v) is 12.2. The van der Waals surface area contributed by atoms with Gasteiger partial charge in [-0.1, -0.05) is 30.3 Å². The lowest BCUT2D eigenvalue weighted by atomic mass is 10.1. The van der Waals surface area contributed by atoms with Crippen LogP contribution in [-0.4, -0.2) is 11.7 Å². The van der Waals surface area contributed by atoms with Crippen molar-refractivity contribution >= 4 is 11.7 Å². The Balaban J connectivity index is 1.68. The SMILES string of the molecule is O=C(CCCC(=O)c1ccc(F)cc1)NCc1ccccc1. The molecule has 0 unspecified atom stereocenters. The molecule has 1 N–H and O–H groups in total. The van der Waals surface area contributed by atoms with Gasteiger partial charge in [0.15, 0.2) is 5.78 Å². The second-order valence-corrected chi connectivity index (χ2v) is 5.05. The Hall–Kier alpha value is -2.49. The maximum Gasteiger partial charge on any atom is 0.220 e. The summed E-state index contributed by atoms with van der Waals surface area (Å²) in [6.45, 7) is 0.492. The van der Waals surface area contributed by atoms with Gasteiger partial charge in [0, 0.05) is 24.9 Å². The lowest BCUT2D eigenvalue weighted by molar-refractivity contribution is -0.121.